The summed E-state index contributed by atoms with van der Waals surface area (Å²) in [5.74, 6) is 0.665. The summed E-state index contributed by atoms with van der Waals surface area (Å²) in [5.41, 5.74) is 0. The molecule has 0 spiro atoms. The van der Waals surface area contributed by atoms with Crippen molar-refractivity contribution in [2.24, 2.45) is 0 Å². The van der Waals surface area contributed by atoms with Gasteiger partial charge in [-0.3, -0.25) is 0 Å². The molecule has 2 N–H and O–H groups in total. The van der Waals surface area contributed by atoms with E-state index in [9.17, 15) is 4.79 Å². The Morgan fingerprint density at radius 1 is 1.15 bits per heavy atom. The zero-order valence-corrected chi connectivity index (χ0v) is 12.4. The van der Waals surface area contributed by atoms with Crippen LogP contribution in [0, 0.1) is 0 Å². The Kier molecular flexibility index (Phi) is 8.58. The summed E-state index contributed by atoms with van der Waals surface area (Å²) < 4.78 is 10.4. The van der Waals surface area contributed by atoms with Crippen LogP contribution in [0.15, 0.2) is 24.3 Å². The third-order valence-corrected chi connectivity index (χ3v) is 2.82. The fourth-order valence-electron chi connectivity index (χ4n) is 1.50. The SMILES string of the molecule is COCCCNC(=O)NCCCOc1ccccc1Cl. The lowest BCUT2D eigenvalue weighted by Crippen LogP contribution is -2.37. The summed E-state index contributed by atoms with van der Waals surface area (Å²) in [5, 5.41) is 6.09. The summed E-state index contributed by atoms with van der Waals surface area (Å²) in [4.78, 5) is 11.4. The number of hydrogen-bond donors (Lipinski definition) is 2. The predicted octanol–water partition coefficient (Wildman–Crippen LogP) is 2.44. The number of urea groups is 1. The molecule has 2 amide bonds. The van der Waals surface area contributed by atoms with Gasteiger partial charge in [-0.2, -0.15) is 0 Å². The highest BCUT2D eigenvalue weighted by Gasteiger charge is 2.00. The molecule has 0 aliphatic heterocycles. The van der Waals surface area contributed by atoms with Crippen molar-refractivity contribution in [3.05, 3.63) is 29.3 Å². The second-order valence-electron chi connectivity index (χ2n) is 4.16. The predicted molar refractivity (Wildman–Crippen MR) is 79.5 cm³/mol. The third-order valence-electron chi connectivity index (χ3n) is 2.51. The van der Waals surface area contributed by atoms with Gasteiger partial charge in [0.25, 0.3) is 0 Å². The van der Waals surface area contributed by atoms with Crippen molar-refractivity contribution in [2.75, 3.05) is 33.4 Å². The van der Waals surface area contributed by atoms with Crippen LogP contribution in [0.3, 0.4) is 0 Å². The maximum Gasteiger partial charge on any atom is 0.314 e. The maximum atomic E-state index is 11.4. The minimum atomic E-state index is -0.168. The molecule has 0 unspecified atom stereocenters. The van der Waals surface area contributed by atoms with Crippen molar-refractivity contribution in [1.82, 2.24) is 10.6 Å². The Balaban J connectivity index is 2.02. The molecular weight excluding hydrogens is 280 g/mol. The van der Waals surface area contributed by atoms with Gasteiger partial charge in [-0.05, 0) is 25.0 Å². The number of benzene rings is 1. The van der Waals surface area contributed by atoms with Crippen molar-refractivity contribution >= 4 is 17.6 Å². The molecule has 0 aliphatic rings. The summed E-state index contributed by atoms with van der Waals surface area (Å²) in [6, 6.07) is 7.15. The largest absolute Gasteiger partial charge is 0.492 e. The quantitative estimate of drug-likeness (QED) is 0.689. The number of hydrogen-bond acceptors (Lipinski definition) is 3. The molecular formula is C14H21ClN2O3. The fraction of sp³-hybridized carbons (Fsp3) is 0.500. The molecule has 1 rings (SSSR count). The molecule has 0 saturated carbocycles. The standard InChI is InChI=1S/C14H21ClN2O3/c1-19-10-4-8-16-14(18)17-9-5-11-20-13-7-3-2-6-12(13)15/h2-3,6-7H,4-5,8-11H2,1H3,(H2,16,17,18). The van der Waals surface area contributed by atoms with Crippen molar-refractivity contribution < 1.29 is 14.3 Å². The van der Waals surface area contributed by atoms with Gasteiger partial charge in [-0.15, -0.1) is 0 Å². The van der Waals surface area contributed by atoms with Crippen LogP contribution in [0.25, 0.3) is 0 Å². The third kappa shape index (κ3) is 7.21. The molecule has 0 saturated heterocycles. The number of carbonyl (C=O) groups excluding carboxylic acids is 1. The summed E-state index contributed by atoms with van der Waals surface area (Å²) in [6.45, 7) is 2.32. The minimum absolute atomic E-state index is 0.168. The van der Waals surface area contributed by atoms with Gasteiger partial charge in [0.1, 0.15) is 5.75 Å². The number of halogens is 1. The van der Waals surface area contributed by atoms with E-state index in [2.05, 4.69) is 10.6 Å². The lowest BCUT2D eigenvalue weighted by atomic mass is 10.3. The average Bonchev–Trinajstić information content (AvgIpc) is 2.45. The molecule has 6 heteroatoms. The highest BCUT2D eigenvalue weighted by Crippen LogP contribution is 2.22. The first-order chi connectivity index (χ1) is 9.74. The molecule has 0 heterocycles. The molecule has 1 aromatic rings. The van der Waals surface area contributed by atoms with Crippen LogP contribution >= 0.6 is 11.6 Å². The van der Waals surface area contributed by atoms with Crippen LogP contribution < -0.4 is 15.4 Å². The first-order valence-electron chi connectivity index (χ1n) is 6.62. The summed E-state index contributed by atoms with van der Waals surface area (Å²) in [6.07, 6.45) is 1.52. The Morgan fingerprint density at radius 2 is 1.80 bits per heavy atom. The zero-order valence-electron chi connectivity index (χ0n) is 11.7. The smallest absolute Gasteiger partial charge is 0.314 e. The van der Waals surface area contributed by atoms with E-state index in [1.165, 1.54) is 0 Å². The Bertz CT molecular complexity index is 402. The van der Waals surface area contributed by atoms with Gasteiger partial charge in [-0.1, -0.05) is 23.7 Å². The van der Waals surface area contributed by atoms with E-state index < -0.39 is 0 Å². The number of para-hydroxylation sites is 1. The number of carbonyl (C=O) groups is 1. The van der Waals surface area contributed by atoms with Gasteiger partial charge in [-0.25, -0.2) is 4.79 Å². The van der Waals surface area contributed by atoms with Gasteiger partial charge in [0, 0.05) is 26.8 Å². The first kappa shape index (κ1) is 16.6. The Labute approximate surface area is 124 Å². The average molecular weight is 301 g/mol. The van der Waals surface area contributed by atoms with E-state index in [1.807, 2.05) is 18.2 Å². The van der Waals surface area contributed by atoms with Crippen LogP contribution in [0.5, 0.6) is 5.75 Å². The number of amides is 2. The van der Waals surface area contributed by atoms with E-state index in [1.54, 1.807) is 13.2 Å². The van der Waals surface area contributed by atoms with E-state index >= 15 is 0 Å². The lowest BCUT2D eigenvalue weighted by molar-refractivity contribution is 0.193. The van der Waals surface area contributed by atoms with Crippen molar-refractivity contribution in [3.8, 4) is 5.75 Å². The lowest BCUT2D eigenvalue weighted by Gasteiger charge is -2.09. The number of nitrogens with one attached hydrogen (secondary N) is 2. The van der Waals surface area contributed by atoms with E-state index in [-0.39, 0.29) is 6.03 Å². The van der Waals surface area contributed by atoms with Crippen molar-refractivity contribution in [2.45, 2.75) is 12.8 Å². The second kappa shape index (κ2) is 10.3. The first-order valence-corrected chi connectivity index (χ1v) is 7.00. The molecule has 0 bridgehead atoms. The molecule has 5 nitrogen and oxygen atoms in total. The highest BCUT2D eigenvalue weighted by molar-refractivity contribution is 6.32. The van der Waals surface area contributed by atoms with Crippen LogP contribution in [-0.2, 0) is 4.74 Å². The van der Waals surface area contributed by atoms with Crippen LogP contribution in [0.1, 0.15) is 12.8 Å². The number of methoxy groups -OCH3 is 1. The van der Waals surface area contributed by atoms with Crippen molar-refractivity contribution in [3.63, 3.8) is 0 Å². The molecule has 0 atom stereocenters. The van der Waals surface area contributed by atoms with Gasteiger partial charge in [0.05, 0.1) is 11.6 Å². The zero-order chi connectivity index (χ0) is 14.6. The molecule has 0 aromatic heterocycles. The topological polar surface area (TPSA) is 59.6 Å². The molecule has 0 aliphatic carbocycles. The van der Waals surface area contributed by atoms with Gasteiger partial charge >= 0.3 is 6.03 Å². The van der Waals surface area contributed by atoms with Gasteiger partial charge in [0.15, 0.2) is 0 Å². The van der Waals surface area contributed by atoms with Gasteiger partial charge < -0.3 is 20.1 Å². The monoisotopic (exact) mass is 300 g/mol. The Morgan fingerprint density at radius 3 is 2.45 bits per heavy atom. The Hall–Kier alpha value is -1.46. The number of rotatable bonds is 9. The second-order valence-corrected chi connectivity index (χ2v) is 4.57. The molecule has 1 aromatic carbocycles. The van der Waals surface area contributed by atoms with Crippen LogP contribution in [0.2, 0.25) is 5.02 Å². The highest BCUT2D eigenvalue weighted by atomic mass is 35.5. The van der Waals surface area contributed by atoms with E-state index in [0.29, 0.717) is 37.1 Å². The maximum absolute atomic E-state index is 11.4. The summed E-state index contributed by atoms with van der Waals surface area (Å²) >= 11 is 5.96. The van der Waals surface area contributed by atoms with E-state index in [0.717, 1.165) is 12.8 Å². The molecule has 112 valence electrons. The van der Waals surface area contributed by atoms with Crippen LogP contribution in [0.4, 0.5) is 4.79 Å². The molecule has 0 radical (unpaired) electrons. The van der Waals surface area contributed by atoms with Crippen molar-refractivity contribution in [1.29, 1.82) is 0 Å². The fourth-order valence-corrected chi connectivity index (χ4v) is 1.69. The summed E-state index contributed by atoms with van der Waals surface area (Å²) in [7, 11) is 1.64. The minimum Gasteiger partial charge on any atom is -0.492 e. The normalized spacial score (nSPS) is 10.1. The number of ether oxygens (including phenoxy) is 2. The molecule has 0 fully saturated rings. The van der Waals surface area contributed by atoms with Gasteiger partial charge in [0.2, 0.25) is 0 Å². The van der Waals surface area contributed by atoms with E-state index in [4.69, 9.17) is 21.1 Å². The molecule has 20 heavy (non-hydrogen) atoms. The van der Waals surface area contributed by atoms with Crippen LogP contribution in [-0.4, -0.2) is 39.4 Å².